The molecule has 0 aromatic heterocycles. The van der Waals surface area contributed by atoms with Gasteiger partial charge in [0, 0.05) is 44.5 Å². The first-order valence-electron chi connectivity index (χ1n) is 6.19. The Hall–Kier alpha value is -1.06. The van der Waals surface area contributed by atoms with Crippen molar-refractivity contribution < 1.29 is 0 Å². The summed E-state index contributed by atoms with van der Waals surface area (Å²) in [5.41, 5.74) is 2.81. The summed E-state index contributed by atoms with van der Waals surface area (Å²) in [5.74, 6) is 0. The van der Waals surface area contributed by atoms with Gasteiger partial charge in [-0.1, -0.05) is 18.2 Å². The van der Waals surface area contributed by atoms with Crippen molar-refractivity contribution in [3.05, 3.63) is 29.8 Å². The molecule has 1 unspecified atom stereocenters. The van der Waals surface area contributed by atoms with E-state index in [1.807, 2.05) is 0 Å². The molecular formula is C13H19N3. The van der Waals surface area contributed by atoms with E-state index in [4.69, 9.17) is 0 Å². The van der Waals surface area contributed by atoms with Crippen LogP contribution in [0.1, 0.15) is 5.56 Å². The van der Waals surface area contributed by atoms with E-state index in [2.05, 4.69) is 39.8 Å². The third kappa shape index (κ3) is 2.06. The summed E-state index contributed by atoms with van der Waals surface area (Å²) in [4.78, 5) is 2.56. The summed E-state index contributed by atoms with van der Waals surface area (Å²) in [6, 6.07) is 9.27. The summed E-state index contributed by atoms with van der Waals surface area (Å²) in [7, 11) is 0. The molecule has 86 valence electrons. The third-order valence-corrected chi connectivity index (χ3v) is 3.53. The molecule has 3 heteroatoms. The largest absolute Gasteiger partial charge is 0.380 e. The van der Waals surface area contributed by atoms with Crippen LogP contribution in [-0.2, 0) is 6.42 Å². The Balaban J connectivity index is 1.59. The van der Waals surface area contributed by atoms with Gasteiger partial charge in [0.15, 0.2) is 0 Å². The minimum Gasteiger partial charge on any atom is -0.380 e. The van der Waals surface area contributed by atoms with Crippen molar-refractivity contribution in [1.82, 2.24) is 10.2 Å². The van der Waals surface area contributed by atoms with Crippen LogP contribution in [0.4, 0.5) is 5.69 Å². The van der Waals surface area contributed by atoms with Gasteiger partial charge in [0.05, 0.1) is 0 Å². The maximum atomic E-state index is 3.62. The summed E-state index contributed by atoms with van der Waals surface area (Å²) in [5, 5.41) is 7.01. The maximum Gasteiger partial charge on any atom is 0.0429 e. The molecule has 0 radical (unpaired) electrons. The van der Waals surface area contributed by atoms with E-state index in [0.29, 0.717) is 6.04 Å². The van der Waals surface area contributed by atoms with Gasteiger partial charge in [-0.15, -0.1) is 0 Å². The van der Waals surface area contributed by atoms with E-state index < -0.39 is 0 Å². The smallest absolute Gasteiger partial charge is 0.0429 e. The number of nitrogens with one attached hydrogen (secondary N) is 2. The molecule has 0 spiro atoms. The van der Waals surface area contributed by atoms with E-state index in [0.717, 1.165) is 13.1 Å². The highest BCUT2D eigenvalue weighted by molar-refractivity contribution is 5.56. The number of nitrogens with zero attached hydrogens (tertiary/aromatic N) is 1. The van der Waals surface area contributed by atoms with Crippen molar-refractivity contribution in [1.29, 1.82) is 0 Å². The Labute approximate surface area is 96.8 Å². The average molecular weight is 217 g/mol. The third-order valence-electron chi connectivity index (χ3n) is 3.53. The molecule has 1 atom stereocenters. The van der Waals surface area contributed by atoms with Crippen LogP contribution < -0.4 is 10.6 Å². The van der Waals surface area contributed by atoms with Crippen LogP contribution >= 0.6 is 0 Å². The normalized spacial score (nSPS) is 25.1. The molecule has 0 amide bonds. The Bertz CT molecular complexity index is 333. The van der Waals surface area contributed by atoms with Crippen LogP contribution in [0.25, 0.3) is 0 Å². The lowest BCUT2D eigenvalue weighted by Crippen LogP contribution is -2.47. The lowest BCUT2D eigenvalue weighted by atomic mass is 10.1. The fourth-order valence-corrected chi connectivity index (χ4v) is 2.69. The van der Waals surface area contributed by atoms with E-state index in [9.17, 15) is 0 Å². The minimum atomic E-state index is 0.607. The predicted molar refractivity (Wildman–Crippen MR) is 66.9 cm³/mol. The van der Waals surface area contributed by atoms with Crippen LogP contribution in [0.5, 0.6) is 0 Å². The summed E-state index contributed by atoms with van der Waals surface area (Å²) in [6.45, 7) is 5.83. The van der Waals surface area contributed by atoms with E-state index in [1.54, 1.807) is 0 Å². The molecule has 2 aliphatic heterocycles. The molecule has 3 nitrogen and oxygen atoms in total. The molecule has 2 aliphatic rings. The van der Waals surface area contributed by atoms with Crippen molar-refractivity contribution in [2.24, 2.45) is 0 Å². The minimum absolute atomic E-state index is 0.607. The van der Waals surface area contributed by atoms with Gasteiger partial charge in [-0.3, -0.25) is 4.90 Å². The average Bonchev–Trinajstić information content (AvgIpc) is 2.72. The number of benzene rings is 1. The lowest BCUT2D eigenvalue weighted by Gasteiger charge is -2.29. The quantitative estimate of drug-likeness (QED) is 0.771. The summed E-state index contributed by atoms with van der Waals surface area (Å²) in [6.07, 6.45) is 1.18. The second-order valence-corrected chi connectivity index (χ2v) is 4.75. The second kappa shape index (κ2) is 4.44. The number of fused-ring (bicyclic) bond motifs is 1. The molecule has 1 aromatic carbocycles. The van der Waals surface area contributed by atoms with Crippen LogP contribution in [-0.4, -0.2) is 43.7 Å². The molecule has 3 rings (SSSR count). The van der Waals surface area contributed by atoms with Gasteiger partial charge in [0.1, 0.15) is 0 Å². The van der Waals surface area contributed by atoms with Gasteiger partial charge in [-0.25, -0.2) is 0 Å². The number of hydrogen-bond acceptors (Lipinski definition) is 3. The van der Waals surface area contributed by atoms with E-state index >= 15 is 0 Å². The predicted octanol–water partition coefficient (Wildman–Crippen LogP) is 0.928. The number of rotatable bonds is 2. The molecular weight excluding hydrogens is 198 g/mol. The molecule has 1 fully saturated rings. The van der Waals surface area contributed by atoms with Crippen LogP contribution in [0, 0.1) is 0 Å². The van der Waals surface area contributed by atoms with Gasteiger partial charge in [-0.05, 0) is 18.1 Å². The molecule has 0 bridgehead atoms. The lowest BCUT2D eigenvalue weighted by molar-refractivity contribution is 0.233. The number of piperazine rings is 1. The molecule has 16 heavy (non-hydrogen) atoms. The van der Waals surface area contributed by atoms with Gasteiger partial charge < -0.3 is 10.6 Å². The zero-order chi connectivity index (χ0) is 10.8. The first kappa shape index (κ1) is 10.1. The highest BCUT2D eigenvalue weighted by Gasteiger charge is 2.22. The monoisotopic (exact) mass is 217 g/mol. The Morgan fingerprint density at radius 3 is 2.81 bits per heavy atom. The van der Waals surface area contributed by atoms with Crippen LogP contribution in [0.2, 0.25) is 0 Å². The van der Waals surface area contributed by atoms with Gasteiger partial charge >= 0.3 is 0 Å². The van der Waals surface area contributed by atoms with Gasteiger partial charge in [-0.2, -0.15) is 0 Å². The fourth-order valence-electron chi connectivity index (χ4n) is 2.69. The molecule has 2 heterocycles. The maximum absolute atomic E-state index is 3.62. The zero-order valence-corrected chi connectivity index (χ0v) is 9.58. The highest BCUT2D eigenvalue weighted by atomic mass is 15.2. The zero-order valence-electron chi connectivity index (χ0n) is 9.58. The number of hydrogen-bond donors (Lipinski definition) is 2. The Kier molecular flexibility index (Phi) is 2.80. The molecule has 0 aliphatic carbocycles. The molecule has 1 aromatic rings. The van der Waals surface area contributed by atoms with Crippen molar-refractivity contribution in [3.8, 4) is 0 Å². The first-order chi connectivity index (χ1) is 7.92. The van der Waals surface area contributed by atoms with E-state index in [1.165, 1.54) is 37.3 Å². The van der Waals surface area contributed by atoms with E-state index in [-0.39, 0.29) is 0 Å². The summed E-state index contributed by atoms with van der Waals surface area (Å²) >= 11 is 0. The summed E-state index contributed by atoms with van der Waals surface area (Å²) < 4.78 is 0. The first-order valence-corrected chi connectivity index (χ1v) is 6.19. The molecule has 0 saturated carbocycles. The molecule has 1 saturated heterocycles. The number of para-hydroxylation sites is 1. The highest BCUT2D eigenvalue weighted by Crippen LogP contribution is 2.25. The van der Waals surface area contributed by atoms with Crippen LogP contribution in [0.15, 0.2) is 24.3 Å². The van der Waals surface area contributed by atoms with Crippen molar-refractivity contribution >= 4 is 5.69 Å². The van der Waals surface area contributed by atoms with Crippen molar-refractivity contribution in [2.45, 2.75) is 12.5 Å². The van der Waals surface area contributed by atoms with Crippen molar-refractivity contribution in [2.75, 3.05) is 38.0 Å². The Morgan fingerprint density at radius 2 is 2.00 bits per heavy atom. The Morgan fingerprint density at radius 1 is 1.19 bits per heavy atom. The second-order valence-electron chi connectivity index (χ2n) is 4.75. The topological polar surface area (TPSA) is 27.3 Å². The van der Waals surface area contributed by atoms with Gasteiger partial charge in [0.25, 0.3) is 0 Å². The van der Waals surface area contributed by atoms with Gasteiger partial charge in [0.2, 0.25) is 0 Å². The van der Waals surface area contributed by atoms with Crippen molar-refractivity contribution in [3.63, 3.8) is 0 Å². The standard InChI is InChI=1S/C13H19N3/c1-2-4-13-11(3-1)9-12(15-13)10-16-7-5-14-6-8-16/h1-4,12,14-15H,5-10H2. The van der Waals surface area contributed by atoms with Crippen LogP contribution in [0.3, 0.4) is 0 Å². The molecule has 2 N–H and O–H groups in total. The number of anilines is 1. The SMILES string of the molecule is c1ccc2c(c1)CC(CN1CCNCC1)N2. The fraction of sp³-hybridized carbons (Fsp3) is 0.538.